The molecule has 1 aromatic heterocycles. The zero-order valence-electron chi connectivity index (χ0n) is 12.2. The molecule has 1 unspecified atom stereocenters. The third kappa shape index (κ3) is 4.27. The first-order valence-corrected chi connectivity index (χ1v) is 7.12. The van der Waals surface area contributed by atoms with Crippen LogP contribution < -0.4 is 5.32 Å². The van der Waals surface area contributed by atoms with Crippen molar-refractivity contribution in [2.45, 2.75) is 39.5 Å². The zero-order chi connectivity index (χ0) is 13.7. The van der Waals surface area contributed by atoms with Gasteiger partial charge in [0.25, 0.3) is 0 Å². The summed E-state index contributed by atoms with van der Waals surface area (Å²) >= 11 is 0. The lowest BCUT2D eigenvalue weighted by atomic mass is 10.1. The fourth-order valence-electron chi connectivity index (χ4n) is 2.40. The Morgan fingerprint density at radius 3 is 3.11 bits per heavy atom. The standard InChI is InChI=1S/C15H25N3O/c1-12(2)18-6-7-19-15(11-18)10-17-9-14-4-5-16-8-13(14)3/h4-5,8,12,15,17H,6-7,9-11H2,1-3H3. The third-order valence-corrected chi connectivity index (χ3v) is 3.72. The third-order valence-electron chi connectivity index (χ3n) is 3.72. The SMILES string of the molecule is Cc1cnccc1CNCC1CN(C(C)C)CCO1. The molecule has 0 spiro atoms. The number of nitrogens with zero attached hydrogens (tertiary/aromatic N) is 2. The Balaban J connectivity index is 1.75. The second-order valence-electron chi connectivity index (χ2n) is 5.51. The predicted molar refractivity (Wildman–Crippen MR) is 77.1 cm³/mol. The summed E-state index contributed by atoms with van der Waals surface area (Å²) in [5.41, 5.74) is 2.55. The lowest BCUT2D eigenvalue weighted by Gasteiger charge is -2.35. The summed E-state index contributed by atoms with van der Waals surface area (Å²) in [6.07, 6.45) is 4.06. The van der Waals surface area contributed by atoms with Gasteiger partial charge in [0.2, 0.25) is 0 Å². The first-order valence-electron chi connectivity index (χ1n) is 7.12. The molecule has 2 rings (SSSR count). The van der Waals surface area contributed by atoms with E-state index < -0.39 is 0 Å². The number of aryl methyl sites for hydroxylation is 1. The van der Waals surface area contributed by atoms with Gasteiger partial charge in [-0.15, -0.1) is 0 Å². The maximum absolute atomic E-state index is 5.81. The van der Waals surface area contributed by atoms with Gasteiger partial charge in [-0.05, 0) is 38.0 Å². The smallest absolute Gasteiger partial charge is 0.0826 e. The fraction of sp³-hybridized carbons (Fsp3) is 0.667. The quantitative estimate of drug-likeness (QED) is 0.875. The molecule has 1 atom stereocenters. The number of hydrogen-bond donors (Lipinski definition) is 1. The first-order chi connectivity index (χ1) is 9.16. The molecule has 0 radical (unpaired) electrons. The fourth-order valence-corrected chi connectivity index (χ4v) is 2.40. The molecule has 0 saturated carbocycles. The highest BCUT2D eigenvalue weighted by molar-refractivity contribution is 5.21. The van der Waals surface area contributed by atoms with Crippen molar-refractivity contribution >= 4 is 0 Å². The maximum Gasteiger partial charge on any atom is 0.0826 e. The topological polar surface area (TPSA) is 37.4 Å². The number of aromatic nitrogens is 1. The molecule has 1 aliphatic heterocycles. The molecule has 1 saturated heterocycles. The van der Waals surface area contributed by atoms with Gasteiger partial charge in [-0.1, -0.05) is 0 Å². The summed E-state index contributed by atoms with van der Waals surface area (Å²) in [6, 6.07) is 2.68. The van der Waals surface area contributed by atoms with Gasteiger partial charge in [-0.25, -0.2) is 0 Å². The van der Waals surface area contributed by atoms with E-state index in [9.17, 15) is 0 Å². The van der Waals surface area contributed by atoms with Crippen LogP contribution in [0.15, 0.2) is 18.5 Å². The van der Waals surface area contributed by atoms with Crippen molar-refractivity contribution < 1.29 is 4.74 Å². The molecule has 2 heterocycles. The molecule has 1 aromatic rings. The van der Waals surface area contributed by atoms with E-state index in [1.165, 1.54) is 11.1 Å². The van der Waals surface area contributed by atoms with Gasteiger partial charge in [0, 0.05) is 44.6 Å². The van der Waals surface area contributed by atoms with Crippen LogP contribution in [0.25, 0.3) is 0 Å². The summed E-state index contributed by atoms with van der Waals surface area (Å²) in [7, 11) is 0. The minimum atomic E-state index is 0.304. The van der Waals surface area contributed by atoms with Gasteiger partial charge < -0.3 is 10.1 Å². The van der Waals surface area contributed by atoms with Crippen molar-refractivity contribution in [3.63, 3.8) is 0 Å². The average molecular weight is 263 g/mol. The largest absolute Gasteiger partial charge is 0.374 e. The molecule has 0 aromatic carbocycles. The molecule has 1 aliphatic rings. The van der Waals surface area contributed by atoms with Gasteiger partial charge >= 0.3 is 0 Å². The number of pyridine rings is 1. The van der Waals surface area contributed by atoms with Crippen LogP contribution in [-0.4, -0.2) is 48.3 Å². The number of rotatable bonds is 5. The Morgan fingerprint density at radius 1 is 1.53 bits per heavy atom. The van der Waals surface area contributed by atoms with Crippen molar-refractivity contribution in [2.75, 3.05) is 26.2 Å². The Labute approximate surface area is 116 Å². The second kappa shape index (κ2) is 6.98. The van der Waals surface area contributed by atoms with Crippen molar-refractivity contribution in [2.24, 2.45) is 0 Å². The monoisotopic (exact) mass is 263 g/mol. The van der Waals surface area contributed by atoms with Crippen LogP contribution in [0.1, 0.15) is 25.0 Å². The van der Waals surface area contributed by atoms with E-state index in [2.05, 4.69) is 42.0 Å². The highest BCUT2D eigenvalue weighted by atomic mass is 16.5. The molecule has 0 bridgehead atoms. The van der Waals surface area contributed by atoms with Crippen molar-refractivity contribution in [3.8, 4) is 0 Å². The molecule has 0 amide bonds. The summed E-state index contributed by atoms with van der Waals surface area (Å²) in [4.78, 5) is 6.59. The molecule has 0 aliphatic carbocycles. The van der Waals surface area contributed by atoms with Crippen molar-refractivity contribution in [3.05, 3.63) is 29.6 Å². The number of hydrogen-bond acceptors (Lipinski definition) is 4. The Kier molecular flexibility index (Phi) is 5.31. The molecule has 1 N–H and O–H groups in total. The van der Waals surface area contributed by atoms with Crippen LogP contribution in [0.2, 0.25) is 0 Å². The van der Waals surface area contributed by atoms with Gasteiger partial charge in [0.1, 0.15) is 0 Å². The molecule has 106 valence electrons. The van der Waals surface area contributed by atoms with E-state index in [0.717, 1.165) is 32.8 Å². The van der Waals surface area contributed by atoms with E-state index in [1.54, 1.807) is 0 Å². The van der Waals surface area contributed by atoms with Crippen LogP contribution in [0.5, 0.6) is 0 Å². The summed E-state index contributed by atoms with van der Waals surface area (Å²) < 4.78 is 5.81. The summed E-state index contributed by atoms with van der Waals surface area (Å²) in [6.45, 7) is 11.3. The molecule has 4 nitrogen and oxygen atoms in total. The van der Waals surface area contributed by atoms with Crippen LogP contribution in [0, 0.1) is 6.92 Å². The van der Waals surface area contributed by atoms with E-state index >= 15 is 0 Å². The molecular weight excluding hydrogens is 238 g/mol. The van der Waals surface area contributed by atoms with Gasteiger partial charge in [0.15, 0.2) is 0 Å². The van der Waals surface area contributed by atoms with E-state index in [1.807, 2.05) is 12.4 Å². The maximum atomic E-state index is 5.81. The molecule has 19 heavy (non-hydrogen) atoms. The van der Waals surface area contributed by atoms with Crippen LogP contribution >= 0.6 is 0 Å². The van der Waals surface area contributed by atoms with Crippen LogP contribution in [-0.2, 0) is 11.3 Å². The molecule has 1 fully saturated rings. The average Bonchev–Trinajstić information content (AvgIpc) is 2.41. The molecule has 4 heteroatoms. The lowest BCUT2D eigenvalue weighted by molar-refractivity contribution is -0.0372. The number of ether oxygens (including phenoxy) is 1. The summed E-state index contributed by atoms with van der Waals surface area (Å²) in [5.74, 6) is 0. The van der Waals surface area contributed by atoms with E-state index in [4.69, 9.17) is 4.74 Å². The highest BCUT2D eigenvalue weighted by Crippen LogP contribution is 2.09. The van der Waals surface area contributed by atoms with Gasteiger partial charge in [-0.2, -0.15) is 0 Å². The van der Waals surface area contributed by atoms with Gasteiger partial charge in [0.05, 0.1) is 12.7 Å². The Morgan fingerprint density at radius 2 is 2.37 bits per heavy atom. The predicted octanol–water partition coefficient (Wildman–Crippen LogP) is 1.59. The van der Waals surface area contributed by atoms with E-state index in [-0.39, 0.29) is 0 Å². The van der Waals surface area contributed by atoms with Crippen molar-refractivity contribution in [1.82, 2.24) is 15.2 Å². The lowest BCUT2D eigenvalue weighted by Crippen LogP contribution is -2.48. The Hall–Kier alpha value is -0.970. The minimum Gasteiger partial charge on any atom is -0.374 e. The number of morpholine rings is 1. The zero-order valence-corrected chi connectivity index (χ0v) is 12.2. The molecular formula is C15H25N3O. The summed E-state index contributed by atoms with van der Waals surface area (Å²) in [5, 5.41) is 3.49. The normalized spacial score (nSPS) is 20.9. The van der Waals surface area contributed by atoms with Crippen LogP contribution in [0.4, 0.5) is 0 Å². The van der Waals surface area contributed by atoms with Crippen molar-refractivity contribution in [1.29, 1.82) is 0 Å². The first kappa shape index (κ1) is 14.4. The van der Waals surface area contributed by atoms with E-state index in [0.29, 0.717) is 12.1 Å². The minimum absolute atomic E-state index is 0.304. The highest BCUT2D eigenvalue weighted by Gasteiger charge is 2.21. The second-order valence-corrected chi connectivity index (χ2v) is 5.51. The van der Waals surface area contributed by atoms with Gasteiger partial charge in [-0.3, -0.25) is 9.88 Å². The van der Waals surface area contributed by atoms with Crippen LogP contribution in [0.3, 0.4) is 0 Å². The number of nitrogens with one attached hydrogen (secondary N) is 1. The Bertz CT molecular complexity index is 395.